The molecule has 0 atom stereocenters. The first kappa shape index (κ1) is 9.52. The molecule has 2 N–H and O–H groups in total. The molecule has 0 saturated heterocycles. The number of hydrogen-bond acceptors (Lipinski definition) is 2. The summed E-state index contributed by atoms with van der Waals surface area (Å²) in [5.74, 6) is 0.255. The van der Waals surface area contributed by atoms with Crippen molar-refractivity contribution in [2.45, 2.75) is 38.1 Å². The zero-order chi connectivity index (χ0) is 8.97. The topological polar surface area (TPSA) is 46.3 Å². The molecule has 0 aromatic heterocycles. The van der Waals surface area contributed by atoms with Crippen LogP contribution in [0, 0.1) is 0 Å². The lowest BCUT2D eigenvalue weighted by atomic mass is 9.91. The fourth-order valence-corrected chi connectivity index (χ4v) is 1.41. The van der Waals surface area contributed by atoms with Gasteiger partial charge in [-0.1, -0.05) is 0 Å². The van der Waals surface area contributed by atoms with Gasteiger partial charge in [-0.2, -0.15) is 0 Å². The van der Waals surface area contributed by atoms with Crippen LogP contribution in [0.1, 0.15) is 32.1 Å². The molecule has 1 fully saturated rings. The summed E-state index contributed by atoms with van der Waals surface area (Å²) in [5.41, 5.74) is 5.33. The lowest BCUT2D eigenvalue weighted by Gasteiger charge is -2.34. The predicted molar refractivity (Wildman–Crippen MR) is 48.7 cm³/mol. The van der Waals surface area contributed by atoms with E-state index >= 15 is 0 Å². The molecule has 12 heavy (non-hydrogen) atoms. The van der Waals surface area contributed by atoms with E-state index in [1.165, 1.54) is 19.3 Å². The zero-order valence-corrected chi connectivity index (χ0v) is 7.75. The Balaban J connectivity index is 2.20. The molecule has 0 spiro atoms. The van der Waals surface area contributed by atoms with E-state index in [0.717, 1.165) is 6.42 Å². The number of rotatable bonds is 4. The van der Waals surface area contributed by atoms with Crippen LogP contribution in [0.25, 0.3) is 0 Å². The predicted octanol–water partition coefficient (Wildman–Crippen LogP) is 0.736. The maximum absolute atomic E-state index is 11.4. The van der Waals surface area contributed by atoms with Gasteiger partial charge in [-0.25, -0.2) is 0 Å². The molecule has 3 nitrogen and oxygen atoms in total. The quantitative estimate of drug-likeness (QED) is 0.676. The van der Waals surface area contributed by atoms with Gasteiger partial charge in [0, 0.05) is 19.5 Å². The normalized spacial score (nSPS) is 17.2. The smallest absolute Gasteiger partial charge is 0.222 e. The van der Waals surface area contributed by atoms with Gasteiger partial charge in [0.2, 0.25) is 5.91 Å². The Labute approximate surface area is 73.9 Å². The SMILES string of the molecule is CN(C(=O)CCCN)C1CCC1. The van der Waals surface area contributed by atoms with Crippen LogP contribution >= 0.6 is 0 Å². The number of nitrogens with two attached hydrogens (primary N) is 1. The minimum Gasteiger partial charge on any atom is -0.343 e. The molecule has 3 heteroatoms. The number of nitrogens with zero attached hydrogens (tertiary/aromatic N) is 1. The van der Waals surface area contributed by atoms with Crippen LogP contribution in [0.3, 0.4) is 0 Å². The van der Waals surface area contributed by atoms with Gasteiger partial charge in [0.1, 0.15) is 0 Å². The molecule has 0 heterocycles. The monoisotopic (exact) mass is 170 g/mol. The average molecular weight is 170 g/mol. The Bertz CT molecular complexity index is 155. The first-order chi connectivity index (χ1) is 5.75. The van der Waals surface area contributed by atoms with E-state index in [1.54, 1.807) is 0 Å². The molecule has 1 aliphatic carbocycles. The van der Waals surface area contributed by atoms with Crippen LogP contribution in [-0.4, -0.2) is 30.4 Å². The molecule has 70 valence electrons. The van der Waals surface area contributed by atoms with Crippen molar-refractivity contribution in [2.75, 3.05) is 13.6 Å². The molecule has 1 saturated carbocycles. The van der Waals surface area contributed by atoms with E-state index in [-0.39, 0.29) is 5.91 Å². The van der Waals surface area contributed by atoms with Gasteiger partial charge in [-0.3, -0.25) is 4.79 Å². The highest BCUT2D eigenvalue weighted by molar-refractivity contribution is 5.76. The Morgan fingerprint density at radius 1 is 1.58 bits per heavy atom. The third kappa shape index (κ3) is 2.21. The van der Waals surface area contributed by atoms with Crippen molar-refractivity contribution in [3.8, 4) is 0 Å². The Kier molecular flexibility index (Phi) is 3.53. The maximum atomic E-state index is 11.4. The number of amides is 1. The summed E-state index contributed by atoms with van der Waals surface area (Å²) in [6.07, 6.45) is 5.08. The van der Waals surface area contributed by atoms with Crippen molar-refractivity contribution < 1.29 is 4.79 Å². The molecule has 0 aromatic carbocycles. The number of carbonyl (C=O) groups excluding carboxylic acids is 1. The molecule has 0 bridgehead atoms. The second-order valence-corrected chi connectivity index (χ2v) is 3.48. The molecule has 1 aliphatic rings. The molecule has 0 unspecified atom stereocenters. The van der Waals surface area contributed by atoms with Crippen molar-refractivity contribution in [1.82, 2.24) is 4.90 Å². The molecule has 0 aliphatic heterocycles. The molecule has 1 amide bonds. The second-order valence-electron chi connectivity index (χ2n) is 3.48. The molecular formula is C9H18N2O. The molecule has 0 radical (unpaired) electrons. The minimum atomic E-state index is 0.255. The average Bonchev–Trinajstić information content (AvgIpc) is 1.96. The van der Waals surface area contributed by atoms with Crippen LogP contribution < -0.4 is 5.73 Å². The summed E-state index contributed by atoms with van der Waals surface area (Å²) in [5, 5.41) is 0. The van der Waals surface area contributed by atoms with Gasteiger partial charge in [0.25, 0.3) is 0 Å². The number of hydrogen-bond donors (Lipinski definition) is 1. The molecule has 1 rings (SSSR count). The first-order valence-electron chi connectivity index (χ1n) is 4.71. The Hall–Kier alpha value is -0.570. The third-order valence-electron chi connectivity index (χ3n) is 2.61. The number of carbonyl (C=O) groups is 1. The van der Waals surface area contributed by atoms with Crippen molar-refractivity contribution in [2.24, 2.45) is 5.73 Å². The largest absolute Gasteiger partial charge is 0.343 e. The summed E-state index contributed by atoms with van der Waals surface area (Å²) in [7, 11) is 1.91. The van der Waals surface area contributed by atoms with E-state index < -0.39 is 0 Å². The third-order valence-corrected chi connectivity index (χ3v) is 2.61. The zero-order valence-electron chi connectivity index (χ0n) is 7.75. The Morgan fingerprint density at radius 3 is 2.67 bits per heavy atom. The summed E-state index contributed by atoms with van der Waals surface area (Å²) in [4.78, 5) is 13.3. The van der Waals surface area contributed by atoms with Crippen molar-refractivity contribution in [3.05, 3.63) is 0 Å². The second kappa shape index (κ2) is 4.45. The first-order valence-corrected chi connectivity index (χ1v) is 4.71. The van der Waals surface area contributed by atoms with Gasteiger partial charge in [-0.05, 0) is 32.2 Å². The van der Waals surface area contributed by atoms with Gasteiger partial charge in [0.15, 0.2) is 0 Å². The van der Waals surface area contributed by atoms with Gasteiger partial charge >= 0.3 is 0 Å². The van der Waals surface area contributed by atoms with Crippen molar-refractivity contribution in [3.63, 3.8) is 0 Å². The molecular weight excluding hydrogens is 152 g/mol. The van der Waals surface area contributed by atoms with Crippen molar-refractivity contribution >= 4 is 5.91 Å². The fraction of sp³-hybridized carbons (Fsp3) is 0.889. The van der Waals surface area contributed by atoms with Gasteiger partial charge < -0.3 is 10.6 Å². The van der Waals surface area contributed by atoms with Crippen LogP contribution in [0.5, 0.6) is 0 Å². The maximum Gasteiger partial charge on any atom is 0.222 e. The Morgan fingerprint density at radius 2 is 2.25 bits per heavy atom. The van der Waals surface area contributed by atoms with Crippen LogP contribution in [0.2, 0.25) is 0 Å². The van der Waals surface area contributed by atoms with E-state index in [1.807, 2.05) is 11.9 Å². The summed E-state index contributed by atoms with van der Waals surface area (Å²) in [6, 6.07) is 0.523. The minimum absolute atomic E-state index is 0.255. The fourth-order valence-electron chi connectivity index (χ4n) is 1.41. The lowest BCUT2D eigenvalue weighted by Crippen LogP contribution is -2.41. The highest BCUT2D eigenvalue weighted by Gasteiger charge is 2.24. The summed E-state index contributed by atoms with van der Waals surface area (Å²) in [6.45, 7) is 0.615. The van der Waals surface area contributed by atoms with E-state index in [4.69, 9.17) is 5.73 Å². The molecule has 0 aromatic rings. The van der Waals surface area contributed by atoms with Crippen LogP contribution in [0.4, 0.5) is 0 Å². The summed E-state index contributed by atoms with van der Waals surface area (Å²) < 4.78 is 0. The highest BCUT2D eigenvalue weighted by atomic mass is 16.2. The lowest BCUT2D eigenvalue weighted by molar-refractivity contribution is -0.133. The van der Waals surface area contributed by atoms with Gasteiger partial charge in [0.05, 0.1) is 0 Å². The van der Waals surface area contributed by atoms with E-state index in [9.17, 15) is 4.79 Å². The van der Waals surface area contributed by atoms with Gasteiger partial charge in [-0.15, -0.1) is 0 Å². The van der Waals surface area contributed by atoms with Crippen LogP contribution in [0.15, 0.2) is 0 Å². The van der Waals surface area contributed by atoms with E-state index in [0.29, 0.717) is 19.0 Å². The summed E-state index contributed by atoms with van der Waals surface area (Å²) >= 11 is 0. The highest BCUT2D eigenvalue weighted by Crippen LogP contribution is 2.23. The van der Waals surface area contributed by atoms with E-state index in [2.05, 4.69) is 0 Å². The van der Waals surface area contributed by atoms with Crippen molar-refractivity contribution in [1.29, 1.82) is 0 Å². The van der Waals surface area contributed by atoms with Crippen LogP contribution in [-0.2, 0) is 4.79 Å². The standard InChI is InChI=1S/C9H18N2O/c1-11(8-4-2-5-8)9(12)6-3-7-10/h8H,2-7,10H2,1H3.